The van der Waals surface area contributed by atoms with Gasteiger partial charge in [-0.1, -0.05) is 0 Å². The van der Waals surface area contributed by atoms with Gasteiger partial charge in [-0.2, -0.15) is 0 Å². The van der Waals surface area contributed by atoms with Gasteiger partial charge < -0.3 is 5.48 Å². The molecule has 0 heterocycles. The van der Waals surface area contributed by atoms with Gasteiger partial charge in [0.25, 0.3) is 0 Å². The average molecular weight is 740 g/mol. The summed E-state index contributed by atoms with van der Waals surface area (Å²) < 4.78 is 23.3. The normalized spacial score (nSPS) is 10.5. The Hall–Kier alpha value is 1.48. The summed E-state index contributed by atoms with van der Waals surface area (Å²) in [4.78, 5) is 0. The fourth-order valence-electron chi connectivity index (χ4n) is 4.90. The second-order valence-electron chi connectivity index (χ2n) is 11.2. The van der Waals surface area contributed by atoms with Crippen molar-refractivity contribution < 1.29 is 12.4 Å². The van der Waals surface area contributed by atoms with E-state index in [0.29, 0.717) is 0 Å². The molecular formula is C32H70O3Sn2. The van der Waals surface area contributed by atoms with Gasteiger partial charge in [-0.15, -0.1) is 0 Å². The zero-order valence-corrected chi connectivity index (χ0v) is 31.8. The van der Waals surface area contributed by atoms with Crippen LogP contribution in [-0.2, 0) is 5.48 Å². The standard InChI is InChI=1S/4C8H17.2H2O.O.2Sn/c4*1-3-5-7-8-6-4-2;;;;;/h4*1,3-8H2,2H3;2*1H2;;;/q;;;;;;-2;+1;+3/p-2. The van der Waals surface area contributed by atoms with E-state index < -0.39 is 40.3 Å². The van der Waals surface area contributed by atoms with E-state index in [1.165, 1.54) is 128 Å². The Morgan fingerprint density at radius 2 is 0.541 bits per heavy atom. The van der Waals surface area contributed by atoms with Crippen LogP contribution in [-0.4, -0.2) is 47.2 Å². The molecule has 0 aliphatic rings. The van der Waals surface area contributed by atoms with Crippen molar-refractivity contribution in [1.29, 1.82) is 0 Å². The Balaban J connectivity index is -0.000000811. The Bertz CT molecular complexity index is 332. The molecule has 0 fully saturated rings. The molecule has 0 aromatic carbocycles. The van der Waals surface area contributed by atoms with Gasteiger partial charge in [0.05, 0.1) is 0 Å². The van der Waals surface area contributed by atoms with Crippen molar-refractivity contribution in [2.75, 3.05) is 0 Å². The van der Waals surface area contributed by atoms with Gasteiger partial charge in [0.15, 0.2) is 0 Å². The van der Waals surface area contributed by atoms with Gasteiger partial charge in [0.2, 0.25) is 0 Å². The quantitative estimate of drug-likeness (QED) is 0.0620. The third-order valence-corrected chi connectivity index (χ3v) is 18.8. The smallest absolute Gasteiger partial charge is 2.00 e. The van der Waals surface area contributed by atoms with E-state index in [0.717, 1.165) is 10.9 Å². The molecule has 0 spiro atoms. The van der Waals surface area contributed by atoms with E-state index in [-0.39, 0.29) is 5.48 Å². The predicted molar refractivity (Wildman–Crippen MR) is 169 cm³/mol. The van der Waals surface area contributed by atoms with Gasteiger partial charge in [0.1, 0.15) is 0 Å². The first-order valence-corrected chi connectivity index (χ1v) is 27.3. The molecular weight excluding hydrogens is 670 g/mol. The van der Waals surface area contributed by atoms with E-state index >= 15 is 0 Å². The molecule has 0 amide bonds. The van der Waals surface area contributed by atoms with Crippen molar-refractivity contribution in [3.8, 4) is 0 Å². The van der Waals surface area contributed by atoms with Gasteiger partial charge in [-0.3, -0.25) is 0 Å². The molecule has 0 aromatic heterocycles. The first kappa shape index (κ1) is 42.9. The van der Waals surface area contributed by atoms with E-state index in [4.69, 9.17) is 6.89 Å². The SMILES string of the molecule is CCCCCCC[CH2][Sn+]([CH2]CCCCCCC)[CH2]CCCCCCC.CCCCCCC[CH2][Sn+]([OH])[OH].[O-2]. The minimum atomic E-state index is -2.70. The molecule has 0 bridgehead atoms. The van der Waals surface area contributed by atoms with Crippen LogP contribution >= 0.6 is 0 Å². The molecule has 0 aliphatic carbocycles. The molecule has 0 aliphatic heterocycles. The average Bonchev–Trinajstić information content (AvgIpc) is 2.87. The molecule has 37 heavy (non-hydrogen) atoms. The van der Waals surface area contributed by atoms with Crippen LogP contribution in [0.3, 0.4) is 0 Å². The molecule has 0 radical (unpaired) electrons. The minimum Gasteiger partial charge on any atom is -2.00 e. The van der Waals surface area contributed by atoms with Gasteiger partial charge in [0, 0.05) is 0 Å². The molecule has 224 valence electrons. The molecule has 0 rings (SSSR count). The van der Waals surface area contributed by atoms with Crippen molar-refractivity contribution in [1.82, 2.24) is 0 Å². The van der Waals surface area contributed by atoms with Crippen molar-refractivity contribution in [2.45, 2.75) is 200 Å². The monoisotopic (exact) mass is 742 g/mol. The summed E-state index contributed by atoms with van der Waals surface area (Å²) in [7, 11) is 0. The Morgan fingerprint density at radius 1 is 0.324 bits per heavy atom. The number of rotatable bonds is 28. The molecule has 0 atom stereocenters. The molecule has 5 heteroatoms. The second-order valence-corrected chi connectivity index (χ2v) is 23.6. The zero-order valence-electron chi connectivity index (χ0n) is 26.1. The summed E-state index contributed by atoms with van der Waals surface area (Å²) in [6.45, 7) is 9.18. The number of unbranched alkanes of at least 4 members (excludes halogenated alkanes) is 20. The fourth-order valence-corrected chi connectivity index (χ4v) is 15.1. The maximum absolute atomic E-state index is 8.71. The summed E-state index contributed by atoms with van der Waals surface area (Å²) in [6, 6.07) is 0. The summed E-state index contributed by atoms with van der Waals surface area (Å²) in [5, 5.41) is 0. The van der Waals surface area contributed by atoms with Gasteiger partial charge in [-0.25, -0.2) is 0 Å². The Morgan fingerprint density at radius 3 is 0.784 bits per heavy atom. The molecule has 0 saturated carbocycles. The van der Waals surface area contributed by atoms with Crippen LogP contribution in [0.25, 0.3) is 0 Å². The number of hydrogen-bond donors (Lipinski definition) is 2. The largest absolute Gasteiger partial charge is 2.00 e. The minimum absolute atomic E-state index is 0. The third kappa shape index (κ3) is 42.1. The van der Waals surface area contributed by atoms with Crippen LogP contribution in [0, 0.1) is 0 Å². The van der Waals surface area contributed by atoms with Crippen molar-refractivity contribution >= 4 is 40.3 Å². The topological polar surface area (TPSA) is 69.0 Å². The summed E-state index contributed by atoms with van der Waals surface area (Å²) in [5.74, 6) is 0. The molecule has 0 unspecified atom stereocenters. The van der Waals surface area contributed by atoms with Crippen molar-refractivity contribution in [3.63, 3.8) is 0 Å². The first-order valence-electron chi connectivity index (χ1n) is 16.7. The van der Waals surface area contributed by atoms with Crippen LogP contribution in [0.4, 0.5) is 0 Å². The van der Waals surface area contributed by atoms with Crippen LogP contribution in [0.2, 0.25) is 17.7 Å². The summed E-state index contributed by atoms with van der Waals surface area (Å²) in [6.07, 6.45) is 34.3. The molecule has 0 saturated heterocycles. The molecule has 2 N–H and O–H groups in total. The van der Waals surface area contributed by atoms with Crippen LogP contribution < -0.4 is 0 Å². The predicted octanol–water partition coefficient (Wildman–Crippen LogP) is 11.3. The molecule has 0 aromatic rings. The van der Waals surface area contributed by atoms with Crippen molar-refractivity contribution in [2.24, 2.45) is 0 Å². The third-order valence-electron chi connectivity index (χ3n) is 7.41. The van der Waals surface area contributed by atoms with E-state index in [9.17, 15) is 0 Å². The fraction of sp³-hybridized carbons (Fsp3) is 1.00. The van der Waals surface area contributed by atoms with E-state index in [1.54, 1.807) is 32.6 Å². The number of hydrogen-bond acceptors (Lipinski definition) is 2. The van der Waals surface area contributed by atoms with Crippen LogP contribution in [0.5, 0.6) is 0 Å². The molecule has 3 nitrogen and oxygen atoms in total. The van der Waals surface area contributed by atoms with E-state index in [2.05, 4.69) is 27.7 Å². The van der Waals surface area contributed by atoms with Crippen LogP contribution in [0.15, 0.2) is 0 Å². The van der Waals surface area contributed by atoms with Crippen molar-refractivity contribution in [3.05, 3.63) is 0 Å². The first-order chi connectivity index (χ1) is 17.6. The Labute approximate surface area is 250 Å². The van der Waals surface area contributed by atoms with Gasteiger partial charge in [-0.05, 0) is 0 Å². The van der Waals surface area contributed by atoms with E-state index in [1.807, 2.05) is 0 Å². The second kappa shape index (κ2) is 39.6. The maximum atomic E-state index is 8.71. The summed E-state index contributed by atoms with van der Waals surface area (Å²) >= 11 is -3.72. The maximum Gasteiger partial charge on any atom is -2.00 e. The summed E-state index contributed by atoms with van der Waals surface area (Å²) in [5.41, 5.74) is 0. The zero-order chi connectivity index (χ0) is 27.0. The van der Waals surface area contributed by atoms with Crippen LogP contribution in [0.1, 0.15) is 182 Å². The Kier molecular flexibility index (Phi) is 46.0. The van der Waals surface area contributed by atoms with Gasteiger partial charge >= 0.3 is 247 Å².